The third-order valence-corrected chi connectivity index (χ3v) is 6.22. The molecule has 0 radical (unpaired) electrons. The zero-order chi connectivity index (χ0) is 19.8. The summed E-state index contributed by atoms with van der Waals surface area (Å²) in [6.45, 7) is 2.26. The van der Waals surface area contributed by atoms with E-state index in [1.807, 2.05) is 4.90 Å². The molecule has 1 amide bonds. The SMILES string of the molecule is CN=C(NCCCC(=O)OC1CCCC1)NC1CCN(C(=O)C2CCCC2)C1. The van der Waals surface area contributed by atoms with E-state index in [0.29, 0.717) is 18.9 Å². The van der Waals surface area contributed by atoms with E-state index in [2.05, 4.69) is 15.6 Å². The van der Waals surface area contributed by atoms with Crippen LogP contribution in [-0.2, 0) is 14.3 Å². The number of nitrogens with zero attached hydrogens (tertiary/aromatic N) is 2. The third kappa shape index (κ3) is 6.11. The number of aliphatic imine (C=N–C) groups is 1. The van der Waals surface area contributed by atoms with E-state index in [1.165, 1.54) is 25.7 Å². The topological polar surface area (TPSA) is 83.0 Å². The van der Waals surface area contributed by atoms with E-state index in [-0.39, 0.29) is 24.0 Å². The van der Waals surface area contributed by atoms with Crippen LogP contribution in [0.25, 0.3) is 0 Å². The lowest BCUT2D eigenvalue weighted by molar-refractivity contribution is -0.148. The molecule has 3 rings (SSSR count). The number of hydrogen-bond acceptors (Lipinski definition) is 4. The molecule has 0 aromatic rings. The molecule has 1 aliphatic heterocycles. The minimum atomic E-state index is -0.0893. The Bertz CT molecular complexity index is 554. The Morgan fingerprint density at radius 3 is 2.50 bits per heavy atom. The number of hydrogen-bond donors (Lipinski definition) is 2. The van der Waals surface area contributed by atoms with Gasteiger partial charge in [0.15, 0.2) is 5.96 Å². The van der Waals surface area contributed by atoms with Crippen molar-refractivity contribution in [3.8, 4) is 0 Å². The van der Waals surface area contributed by atoms with E-state index in [0.717, 1.165) is 57.6 Å². The van der Waals surface area contributed by atoms with Gasteiger partial charge in [-0.25, -0.2) is 0 Å². The van der Waals surface area contributed by atoms with Crippen LogP contribution in [0.2, 0.25) is 0 Å². The van der Waals surface area contributed by atoms with Crippen molar-refractivity contribution in [2.75, 3.05) is 26.7 Å². The summed E-state index contributed by atoms with van der Waals surface area (Å²) in [6, 6.07) is 0.240. The molecule has 3 aliphatic rings. The Balaban J connectivity index is 1.30. The predicted molar refractivity (Wildman–Crippen MR) is 109 cm³/mol. The minimum Gasteiger partial charge on any atom is -0.462 e. The van der Waals surface area contributed by atoms with E-state index >= 15 is 0 Å². The summed E-state index contributed by atoms with van der Waals surface area (Å²) in [6.07, 6.45) is 11.1. The van der Waals surface area contributed by atoms with Crippen LogP contribution in [0.5, 0.6) is 0 Å². The van der Waals surface area contributed by atoms with E-state index < -0.39 is 0 Å². The van der Waals surface area contributed by atoms with Crippen LogP contribution in [0.3, 0.4) is 0 Å². The molecule has 7 heteroatoms. The summed E-state index contributed by atoms with van der Waals surface area (Å²) < 4.78 is 5.48. The number of guanidine groups is 1. The van der Waals surface area contributed by atoms with E-state index in [1.54, 1.807) is 7.05 Å². The zero-order valence-corrected chi connectivity index (χ0v) is 17.3. The van der Waals surface area contributed by atoms with Gasteiger partial charge in [-0.3, -0.25) is 14.6 Å². The first kappa shape index (κ1) is 20.9. The lowest BCUT2D eigenvalue weighted by Gasteiger charge is -2.21. The van der Waals surface area contributed by atoms with Crippen molar-refractivity contribution < 1.29 is 14.3 Å². The second-order valence-electron chi connectivity index (χ2n) is 8.39. The molecule has 0 aromatic heterocycles. The summed E-state index contributed by atoms with van der Waals surface area (Å²) >= 11 is 0. The van der Waals surface area contributed by atoms with E-state index in [9.17, 15) is 9.59 Å². The molecule has 1 saturated heterocycles. The van der Waals surface area contributed by atoms with Crippen molar-refractivity contribution in [2.24, 2.45) is 10.9 Å². The van der Waals surface area contributed by atoms with Gasteiger partial charge in [0.1, 0.15) is 6.10 Å². The molecule has 1 unspecified atom stereocenters. The number of esters is 1. The van der Waals surface area contributed by atoms with Gasteiger partial charge in [0.05, 0.1) is 0 Å². The molecule has 28 heavy (non-hydrogen) atoms. The van der Waals surface area contributed by atoms with Gasteiger partial charge in [0.2, 0.25) is 5.91 Å². The predicted octanol–water partition coefficient (Wildman–Crippen LogP) is 2.21. The summed E-state index contributed by atoms with van der Waals surface area (Å²) in [7, 11) is 1.75. The number of rotatable bonds is 7. The van der Waals surface area contributed by atoms with Crippen LogP contribution < -0.4 is 10.6 Å². The highest BCUT2D eigenvalue weighted by Gasteiger charge is 2.32. The monoisotopic (exact) mass is 392 g/mol. The van der Waals surface area contributed by atoms with Crippen molar-refractivity contribution in [2.45, 2.75) is 82.8 Å². The van der Waals surface area contributed by atoms with Crippen LogP contribution in [0.15, 0.2) is 4.99 Å². The fraction of sp³-hybridized carbons (Fsp3) is 0.857. The van der Waals surface area contributed by atoms with Crippen molar-refractivity contribution in [1.82, 2.24) is 15.5 Å². The van der Waals surface area contributed by atoms with Gasteiger partial charge in [-0.05, 0) is 51.4 Å². The Labute approximate surface area is 168 Å². The highest BCUT2D eigenvalue weighted by molar-refractivity contribution is 5.81. The van der Waals surface area contributed by atoms with Gasteiger partial charge in [-0.2, -0.15) is 0 Å². The minimum absolute atomic E-state index is 0.0893. The largest absolute Gasteiger partial charge is 0.462 e. The highest BCUT2D eigenvalue weighted by Crippen LogP contribution is 2.27. The number of likely N-dealkylation sites (tertiary alicyclic amines) is 1. The molecule has 2 aliphatic carbocycles. The molecule has 0 bridgehead atoms. The summed E-state index contributed by atoms with van der Waals surface area (Å²) in [5, 5.41) is 6.69. The molecule has 158 valence electrons. The van der Waals surface area contributed by atoms with Gasteiger partial charge < -0.3 is 20.3 Å². The van der Waals surface area contributed by atoms with Gasteiger partial charge >= 0.3 is 5.97 Å². The standard InChI is InChI=1S/C21H36N4O3/c1-22-21(23-13-6-11-19(26)28-18-9-4-5-10-18)24-17-12-14-25(15-17)20(27)16-7-2-3-8-16/h16-18H,2-15H2,1H3,(H2,22,23,24). The summed E-state index contributed by atoms with van der Waals surface area (Å²) in [5.41, 5.74) is 0. The fourth-order valence-corrected chi connectivity index (χ4v) is 4.59. The Hall–Kier alpha value is -1.79. The van der Waals surface area contributed by atoms with Crippen molar-refractivity contribution in [3.63, 3.8) is 0 Å². The molecule has 1 heterocycles. The van der Waals surface area contributed by atoms with Crippen molar-refractivity contribution >= 4 is 17.8 Å². The summed E-state index contributed by atoms with van der Waals surface area (Å²) in [4.78, 5) is 30.7. The number of carbonyl (C=O) groups is 2. The Morgan fingerprint density at radius 2 is 1.79 bits per heavy atom. The summed E-state index contributed by atoms with van der Waals surface area (Å²) in [5.74, 6) is 1.24. The first-order chi connectivity index (χ1) is 13.7. The fourth-order valence-electron chi connectivity index (χ4n) is 4.59. The molecule has 3 fully saturated rings. The maximum Gasteiger partial charge on any atom is 0.306 e. The van der Waals surface area contributed by atoms with Crippen LogP contribution in [0, 0.1) is 5.92 Å². The first-order valence-corrected chi connectivity index (χ1v) is 11.1. The average Bonchev–Trinajstić information content (AvgIpc) is 3.46. The Morgan fingerprint density at radius 1 is 1.07 bits per heavy atom. The molecule has 1 atom stereocenters. The molecular formula is C21H36N4O3. The van der Waals surface area contributed by atoms with Crippen LogP contribution in [-0.4, -0.2) is 61.6 Å². The first-order valence-electron chi connectivity index (χ1n) is 11.1. The molecule has 7 nitrogen and oxygen atoms in total. The van der Waals surface area contributed by atoms with Crippen LogP contribution in [0.1, 0.15) is 70.6 Å². The highest BCUT2D eigenvalue weighted by atomic mass is 16.5. The lowest BCUT2D eigenvalue weighted by Crippen LogP contribution is -2.45. The van der Waals surface area contributed by atoms with Crippen LogP contribution >= 0.6 is 0 Å². The van der Waals surface area contributed by atoms with Gasteiger partial charge in [-0.1, -0.05) is 12.8 Å². The third-order valence-electron chi connectivity index (χ3n) is 6.22. The second-order valence-corrected chi connectivity index (χ2v) is 8.39. The number of ether oxygens (including phenoxy) is 1. The molecule has 2 saturated carbocycles. The normalized spacial score (nSPS) is 24.0. The number of amides is 1. The van der Waals surface area contributed by atoms with Gasteiger partial charge in [0, 0.05) is 45.1 Å². The average molecular weight is 393 g/mol. The molecule has 2 N–H and O–H groups in total. The maximum atomic E-state index is 12.6. The van der Waals surface area contributed by atoms with Crippen LogP contribution in [0.4, 0.5) is 0 Å². The molecule has 0 spiro atoms. The van der Waals surface area contributed by atoms with E-state index in [4.69, 9.17) is 4.74 Å². The second kappa shape index (κ2) is 10.7. The number of carbonyl (C=O) groups excluding carboxylic acids is 2. The van der Waals surface area contributed by atoms with Crippen molar-refractivity contribution in [3.05, 3.63) is 0 Å². The van der Waals surface area contributed by atoms with Gasteiger partial charge in [0.25, 0.3) is 0 Å². The Kier molecular flexibility index (Phi) is 7.98. The molecule has 0 aromatic carbocycles. The molecular weight excluding hydrogens is 356 g/mol. The smallest absolute Gasteiger partial charge is 0.306 e. The quantitative estimate of drug-likeness (QED) is 0.300. The maximum absolute atomic E-state index is 12.6. The lowest BCUT2D eigenvalue weighted by atomic mass is 10.1. The zero-order valence-electron chi connectivity index (χ0n) is 17.3. The number of nitrogens with one attached hydrogen (secondary N) is 2. The van der Waals surface area contributed by atoms with Crippen molar-refractivity contribution in [1.29, 1.82) is 0 Å². The van der Waals surface area contributed by atoms with Gasteiger partial charge in [-0.15, -0.1) is 0 Å².